The number of fused-ring (bicyclic) bond motifs is 2. The van der Waals surface area contributed by atoms with Crippen molar-refractivity contribution in [2.75, 3.05) is 11.9 Å². The van der Waals surface area contributed by atoms with E-state index in [0.29, 0.717) is 23.8 Å². The number of anilines is 1. The molecule has 6 heteroatoms. The quantitative estimate of drug-likeness (QED) is 0.237. The number of amides is 2. The van der Waals surface area contributed by atoms with E-state index in [0.717, 1.165) is 24.1 Å². The van der Waals surface area contributed by atoms with Gasteiger partial charge in [-0.2, -0.15) is 0 Å². The van der Waals surface area contributed by atoms with Crippen molar-refractivity contribution in [3.63, 3.8) is 0 Å². The lowest BCUT2D eigenvalue weighted by Gasteiger charge is -2.50. The number of carbonyl (C=O) groups excluding carboxylic acids is 2. The molecule has 1 unspecified atom stereocenters. The van der Waals surface area contributed by atoms with E-state index in [1.807, 2.05) is 40.6 Å². The van der Waals surface area contributed by atoms with Crippen LogP contribution in [-0.2, 0) is 17.8 Å². The Labute approximate surface area is 255 Å². The number of benzene rings is 4. The predicted octanol–water partition coefficient (Wildman–Crippen LogP) is 7.63. The van der Waals surface area contributed by atoms with E-state index in [2.05, 4.69) is 79.0 Å². The molecule has 1 aromatic heterocycles. The molecule has 0 fully saturated rings. The zero-order valence-electron chi connectivity index (χ0n) is 23.9. The van der Waals surface area contributed by atoms with E-state index in [9.17, 15) is 9.59 Å². The number of carbonyl (C=O) groups is 2. The van der Waals surface area contributed by atoms with E-state index in [1.165, 1.54) is 44.7 Å². The summed E-state index contributed by atoms with van der Waals surface area (Å²) in [7, 11) is 0. The van der Waals surface area contributed by atoms with Gasteiger partial charge in [0.15, 0.2) is 5.13 Å². The van der Waals surface area contributed by atoms with Crippen LogP contribution in [0.4, 0.5) is 5.13 Å². The summed E-state index contributed by atoms with van der Waals surface area (Å²) in [5.41, 5.74) is 9.41. The average molecular weight is 582 g/mol. The van der Waals surface area contributed by atoms with Gasteiger partial charge in [-0.3, -0.25) is 9.59 Å². The number of hydrogen-bond donors (Lipinski definition) is 1. The van der Waals surface area contributed by atoms with Gasteiger partial charge in [-0.25, -0.2) is 4.98 Å². The molecule has 5 nitrogen and oxygen atoms in total. The van der Waals surface area contributed by atoms with Crippen LogP contribution in [-0.4, -0.2) is 28.2 Å². The fourth-order valence-corrected chi connectivity index (χ4v) is 8.27. The zero-order chi connectivity index (χ0) is 29.1. The monoisotopic (exact) mass is 581 g/mol. The van der Waals surface area contributed by atoms with Gasteiger partial charge in [-0.15, -0.1) is 11.3 Å². The van der Waals surface area contributed by atoms with Gasteiger partial charge in [0.25, 0.3) is 5.91 Å². The van der Waals surface area contributed by atoms with Crippen molar-refractivity contribution in [3.8, 4) is 11.3 Å². The molecule has 2 amide bonds. The first kappa shape index (κ1) is 26.1. The first-order chi connectivity index (χ1) is 21.0. The fourth-order valence-electron chi connectivity index (χ4n) is 7.56. The Hall–Kier alpha value is -4.55. The highest BCUT2D eigenvalue weighted by atomic mass is 32.1. The number of hydrogen-bond acceptors (Lipinski definition) is 4. The normalized spacial score (nSPS) is 21.5. The van der Waals surface area contributed by atoms with Crippen molar-refractivity contribution >= 4 is 28.3 Å². The second kappa shape index (κ2) is 10.0. The van der Waals surface area contributed by atoms with E-state index in [1.54, 1.807) is 0 Å². The van der Waals surface area contributed by atoms with Gasteiger partial charge in [0.1, 0.15) is 0 Å². The number of rotatable bonds is 4. The van der Waals surface area contributed by atoms with Gasteiger partial charge in [0.05, 0.1) is 11.1 Å². The van der Waals surface area contributed by atoms with Crippen LogP contribution in [0.15, 0.2) is 102 Å². The summed E-state index contributed by atoms with van der Waals surface area (Å²) in [6.07, 6.45) is 1.63. The van der Waals surface area contributed by atoms with Crippen LogP contribution in [0, 0.1) is 5.41 Å². The molecule has 1 N–H and O–H groups in total. The highest BCUT2D eigenvalue weighted by Crippen LogP contribution is 2.61. The molecule has 1 aliphatic heterocycles. The third kappa shape index (κ3) is 4.23. The van der Waals surface area contributed by atoms with Crippen molar-refractivity contribution in [3.05, 3.63) is 141 Å². The van der Waals surface area contributed by atoms with Crippen LogP contribution in [0.1, 0.15) is 68.9 Å². The maximum atomic E-state index is 14.1. The van der Waals surface area contributed by atoms with Crippen LogP contribution in [0.25, 0.3) is 11.3 Å². The summed E-state index contributed by atoms with van der Waals surface area (Å²) < 4.78 is 0. The highest BCUT2D eigenvalue weighted by Gasteiger charge is 2.54. The molecule has 2 heterocycles. The average Bonchev–Trinajstić information content (AvgIpc) is 3.53. The van der Waals surface area contributed by atoms with Crippen molar-refractivity contribution in [1.82, 2.24) is 9.88 Å². The molecule has 212 valence electrons. The summed E-state index contributed by atoms with van der Waals surface area (Å²) in [5, 5.41) is 5.71. The van der Waals surface area contributed by atoms with Crippen LogP contribution in [0.2, 0.25) is 0 Å². The molecule has 5 aromatic rings. The van der Waals surface area contributed by atoms with E-state index < -0.39 is 5.41 Å². The summed E-state index contributed by atoms with van der Waals surface area (Å²) in [5.74, 6) is 0.227. The second-order valence-corrected chi connectivity index (χ2v) is 13.0. The Morgan fingerprint density at radius 3 is 2.28 bits per heavy atom. The minimum absolute atomic E-state index is 0.00159. The lowest BCUT2D eigenvalue weighted by Crippen LogP contribution is -2.47. The van der Waals surface area contributed by atoms with Crippen LogP contribution in [0.5, 0.6) is 0 Å². The topological polar surface area (TPSA) is 62.3 Å². The van der Waals surface area contributed by atoms with Crippen molar-refractivity contribution in [1.29, 1.82) is 0 Å². The van der Waals surface area contributed by atoms with Crippen LogP contribution in [0.3, 0.4) is 0 Å². The third-order valence-electron chi connectivity index (χ3n) is 9.70. The number of aromatic nitrogens is 1. The first-order valence-electron chi connectivity index (χ1n) is 14.9. The molecular formula is C37H31N3O2S. The van der Waals surface area contributed by atoms with E-state index in [-0.39, 0.29) is 23.7 Å². The smallest absolute Gasteiger partial charge is 0.254 e. The summed E-state index contributed by atoms with van der Waals surface area (Å²) >= 11 is 1.42. The van der Waals surface area contributed by atoms with Gasteiger partial charge >= 0.3 is 0 Å². The van der Waals surface area contributed by atoms with Crippen LogP contribution >= 0.6 is 11.3 Å². The van der Waals surface area contributed by atoms with E-state index in [4.69, 9.17) is 4.98 Å². The number of nitrogens with zero attached hydrogens (tertiary/aromatic N) is 2. The summed E-state index contributed by atoms with van der Waals surface area (Å²) in [6.45, 7) is 3.44. The molecule has 43 heavy (non-hydrogen) atoms. The molecule has 4 aromatic carbocycles. The SMILES string of the molecule is CC1(C(=O)Nc2nc(-c3cccc(C(=O)N4CCc5ccccc5C4)c3)cs2)CC2c3ccccc3C1c1ccccc12. The predicted molar refractivity (Wildman–Crippen MR) is 170 cm³/mol. The van der Waals surface area contributed by atoms with Crippen LogP contribution < -0.4 is 5.32 Å². The number of thiazole rings is 1. The minimum Gasteiger partial charge on any atom is -0.334 e. The molecule has 0 radical (unpaired) electrons. The lowest BCUT2D eigenvalue weighted by atomic mass is 9.52. The summed E-state index contributed by atoms with van der Waals surface area (Å²) in [4.78, 5) is 34.2. The Morgan fingerprint density at radius 1 is 0.860 bits per heavy atom. The summed E-state index contributed by atoms with van der Waals surface area (Å²) in [6, 6.07) is 33.2. The Kier molecular flexibility index (Phi) is 6.09. The van der Waals surface area contributed by atoms with Gasteiger partial charge in [-0.05, 0) is 65.3 Å². The highest BCUT2D eigenvalue weighted by molar-refractivity contribution is 7.14. The number of nitrogens with one attached hydrogen (secondary N) is 1. The maximum absolute atomic E-state index is 14.1. The molecule has 2 bridgehead atoms. The van der Waals surface area contributed by atoms with Gasteiger partial charge in [0.2, 0.25) is 5.91 Å². The molecular weight excluding hydrogens is 550 g/mol. The molecule has 3 aliphatic carbocycles. The molecule has 0 saturated heterocycles. The first-order valence-corrected chi connectivity index (χ1v) is 15.8. The van der Waals surface area contributed by atoms with Gasteiger partial charge in [-0.1, -0.05) is 84.9 Å². The molecule has 9 rings (SSSR count). The Balaban J connectivity index is 1.03. The largest absolute Gasteiger partial charge is 0.334 e. The molecule has 0 saturated carbocycles. The van der Waals surface area contributed by atoms with Gasteiger partial charge < -0.3 is 10.2 Å². The van der Waals surface area contributed by atoms with Crippen molar-refractivity contribution in [2.24, 2.45) is 5.41 Å². The maximum Gasteiger partial charge on any atom is 0.254 e. The Morgan fingerprint density at radius 2 is 1.53 bits per heavy atom. The molecule has 0 spiro atoms. The second-order valence-electron chi connectivity index (χ2n) is 12.2. The zero-order valence-corrected chi connectivity index (χ0v) is 24.7. The molecule has 1 atom stereocenters. The van der Waals surface area contributed by atoms with E-state index >= 15 is 0 Å². The van der Waals surface area contributed by atoms with Crippen molar-refractivity contribution in [2.45, 2.75) is 38.1 Å². The third-order valence-corrected chi connectivity index (χ3v) is 10.5. The van der Waals surface area contributed by atoms with Crippen molar-refractivity contribution < 1.29 is 9.59 Å². The fraction of sp³-hybridized carbons (Fsp3) is 0.216. The minimum atomic E-state index is -0.599. The lowest BCUT2D eigenvalue weighted by molar-refractivity contribution is -0.126. The Bertz CT molecular complexity index is 1860. The molecule has 4 aliphatic rings. The standard InChI is InChI=1S/C37H31N3O2S/c1-37(20-31-27-13-4-6-15-29(27)33(37)30-16-7-5-14-28(30)31)35(42)39-36-38-32(22-43-36)24-11-8-12-25(19-24)34(41)40-18-17-23-9-2-3-10-26(23)21-40/h2-16,19,22,31,33H,17-18,20-21H2,1H3,(H,38,39,42). The van der Waals surface area contributed by atoms with Gasteiger partial charge in [0, 0.05) is 41.4 Å².